The predicted octanol–water partition coefficient (Wildman–Crippen LogP) is 3.24. The van der Waals surface area contributed by atoms with E-state index in [1.165, 1.54) is 18.2 Å². The highest BCUT2D eigenvalue weighted by molar-refractivity contribution is 5.84. The van der Waals surface area contributed by atoms with Crippen LogP contribution in [0.5, 0.6) is 0 Å². The van der Waals surface area contributed by atoms with Gasteiger partial charge in [-0.3, -0.25) is 10.1 Å². The Morgan fingerprint density at radius 1 is 1.17 bits per heavy atom. The van der Waals surface area contributed by atoms with Gasteiger partial charge in [0.15, 0.2) is 18.8 Å². The van der Waals surface area contributed by atoms with E-state index in [-0.39, 0.29) is 18.4 Å². The molecule has 2 aromatic rings. The van der Waals surface area contributed by atoms with Crippen molar-refractivity contribution in [3.63, 3.8) is 0 Å². The van der Waals surface area contributed by atoms with E-state index in [2.05, 4.69) is 10.3 Å². The molecule has 2 saturated heterocycles. The number of anilines is 1. The van der Waals surface area contributed by atoms with Gasteiger partial charge in [-0.15, -0.1) is 0 Å². The summed E-state index contributed by atoms with van der Waals surface area (Å²) in [6, 6.07) is 7.82. The fourth-order valence-corrected chi connectivity index (χ4v) is 3.81. The summed E-state index contributed by atoms with van der Waals surface area (Å²) in [6.07, 6.45) is 6.50. The molecule has 0 aliphatic carbocycles. The third kappa shape index (κ3) is 5.38. The highest BCUT2D eigenvalue weighted by Gasteiger charge is 2.32. The molecule has 1 aromatic carbocycles. The molecular weight excluding hydrogens is 386 g/mol. The molecule has 8 heteroatoms. The summed E-state index contributed by atoms with van der Waals surface area (Å²) in [5.41, 5.74) is 1.92. The highest BCUT2D eigenvalue weighted by atomic mass is 16.6. The number of aryl methyl sites for hydroxylation is 1. The van der Waals surface area contributed by atoms with Gasteiger partial charge < -0.3 is 18.8 Å². The number of carbonyl (C=O) groups is 2. The number of benzene rings is 1. The van der Waals surface area contributed by atoms with Gasteiger partial charge in [0.2, 0.25) is 5.91 Å². The Balaban J connectivity index is 1.15. The molecular formula is C22H27N3O5. The third-order valence-corrected chi connectivity index (χ3v) is 5.78. The van der Waals surface area contributed by atoms with Crippen LogP contribution >= 0.6 is 0 Å². The molecule has 0 spiro atoms. The molecule has 2 aliphatic heterocycles. The van der Waals surface area contributed by atoms with Crippen LogP contribution in [0.1, 0.15) is 30.6 Å². The van der Waals surface area contributed by atoms with Gasteiger partial charge in [0, 0.05) is 18.8 Å². The minimum Gasteiger partial charge on any atom is -0.445 e. The number of aromatic nitrogens is 1. The zero-order chi connectivity index (χ0) is 20.8. The van der Waals surface area contributed by atoms with Crippen LogP contribution in [-0.4, -0.2) is 48.2 Å². The number of likely N-dealkylation sites (tertiary alicyclic amines) is 1. The van der Waals surface area contributed by atoms with Crippen molar-refractivity contribution in [2.24, 2.45) is 11.8 Å². The first-order valence-electron chi connectivity index (χ1n) is 10.4. The topological polar surface area (TPSA) is 93.9 Å². The lowest BCUT2D eigenvalue weighted by Gasteiger charge is -2.36. The van der Waals surface area contributed by atoms with Crippen LogP contribution in [0.25, 0.3) is 0 Å². The minimum atomic E-state index is -0.533. The predicted molar refractivity (Wildman–Crippen MR) is 109 cm³/mol. The summed E-state index contributed by atoms with van der Waals surface area (Å²) < 4.78 is 15.2. The van der Waals surface area contributed by atoms with E-state index in [0.717, 1.165) is 38.8 Å². The molecule has 0 atom stereocenters. The molecule has 8 nitrogen and oxygen atoms in total. The molecule has 0 bridgehead atoms. The van der Waals surface area contributed by atoms with Crippen LogP contribution in [0.4, 0.5) is 10.5 Å². The maximum atomic E-state index is 12.3. The van der Waals surface area contributed by atoms with E-state index in [1.807, 2.05) is 29.2 Å². The maximum Gasteiger partial charge on any atom is 0.412 e. The van der Waals surface area contributed by atoms with Crippen molar-refractivity contribution in [2.75, 3.05) is 31.6 Å². The number of ether oxygens (including phenoxy) is 2. The van der Waals surface area contributed by atoms with Crippen molar-refractivity contribution in [3.05, 3.63) is 48.2 Å². The van der Waals surface area contributed by atoms with E-state index in [1.54, 1.807) is 0 Å². The van der Waals surface area contributed by atoms with E-state index in [9.17, 15) is 9.59 Å². The van der Waals surface area contributed by atoms with Gasteiger partial charge in [-0.2, -0.15) is 0 Å². The first-order valence-corrected chi connectivity index (χ1v) is 10.4. The molecule has 0 saturated carbocycles. The zero-order valence-corrected chi connectivity index (χ0v) is 16.9. The monoisotopic (exact) mass is 413 g/mol. The van der Waals surface area contributed by atoms with E-state index in [4.69, 9.17) is 13.9 Å². The Labute approximate surface area is 175 Å². The first-order chi connectivity index (χ1) is 14.7. The first kappa shape index (κ1) is 20.4. The Morgan fingerprint density at radius 3 is 2.57 bits per heavy atom. The standard InChI is InChI=1S/C22H27N3O5/c26-21(18-12-28-13-18)25-9-7-17(8-10-25)2-1-16-3-5-19(6-4-16)24-22(27)29-14-20-11-23-15-30-20/h3-6,11,15,17-18H,1-2,7-10,12-14H2,(H,24,27). The third-order valence-electron chi connectivity index (χ3n) is 5.78. The molecule has 0 unspecified atom stereocenters. The lowest BCUT2D eigenvalue weighted by molar-refractivity contribution is -0.151. The van der Waals surface area contributed by atoms with Crippen molar-refractivity contribution < 1.29 is 23.5 Å². The van der Waals surface area contributed by atoms with Gasteiger partial charge in [-0.05, 0) is 49.3 Å². The Hall–Kier alpha value is -2.87. The number of amides is 2. The minimum absolute atomic E-state index is 0.0444. The molecule has 2 amide bonds. The normalized spacial score (nSPS) is 17.4. The molecule has 2 aliphatic rings. The van der Waals surface area contributed by atoms with Crippen molar-refractivity contribution in [3.8, 4) is 0 Å². The quantitative estimate of drug-likeness (QED) is 0.749. The average Bonchev–Trinajstić information content (AvgIpc) is 3.25. The van der Waals surface area contributed by atoms with Gasteiger partial charge in [0.05, 0.1) is 25.3 Å². The number of nitrogens with one attached hydrogen (secondary N) is 1. The zero-order valence-electron chi connectivity index (χ0n) is 16.9. The van der Waals surface area contributed by atoms with Crippen LogP contribution < -0.4 is 5.32 Å². The number of rotatable bonds is 7. The number of oxazole rings is 1. The lowest BCUT2D eigenvalue weighted by Crippen LogP contribution is -2.47. The number of nitrogens with zero attached hydrogens (tertiary/aromatic N) is 2. The van der Waals surface area contributed by atoms with Crippen molar-refractivity contribution in [1.29, 1.82) is 0 Å². The molecule has 1 aromatic heterocycles. The van der Waals surface area contributed by atoms with Gasteiger partial charge in [0.25, 0.3) is 0 Å². The molecule has 160 valence electrons. The summed E-state index contributed by atoms with van der Waals surface area (Å²) in [7, 11) is 0. The maximum absolute atomic E-state index is 12.3. The average molecular weight is 413 g/mol. The number of piperidine rings is 1. The SMILES string of the molecule is O=C(Nc1ccc(CCC2CCN(C(=O)C3COC3)CC2)cc1)OCc1cnco1. The molecule has 3 heterocycles. The van der Waals surface area contributed by atoms with Crippen LogP contribution in [0.15, 0.2) is 41.3 Å². The molecule has 1 N–H and O–H groups in total. The van der Waals surface area contributed by atoms with Crippen LogP contribution in [0.3, 0.4) is 0 Å². The molecule has 30 heavy (non-hydrogen) atoms. The van der Waals surface area contributed by atoms with Crippen LogP contribution in [-0.2, 0) is 27.3 Å². The van der Waals surface area contributed by atoms with Gasteiger partial charge >= 0.3 is 6.09 Å². The van der Waals surface area contributed by atoms with E-state index in [0.29, 0.717) is 30.6 Å². The fraction of sp³-hybridized carbons (Fsp3) is 0.500. The molecule has 4 rings (SSSR count). The Morgan fingerprint density at radius 2 is 1.93 bits per heavy atom. The Bertz CT molecular complexity index is 825. The van der Waals surface area contributed by atoms with Crippen LogP contribution in [0.2, 0.25) is 0 Å². The second-order valence-electron chi connectivity index (χ2n) is 7.91. The van der Waals surface area contributed by atoms with Gasteiger partial charge in [-0.1, -0.05) is 12.1 Å². The number of hydrogen-bond acceptors (Lipinski definition) is 6. The van der Waals surface area contributed by atoms with Crippen molar-refractivity contribution in [1.82, 2.24) is 9.88 Å². The summed E-state index contributed by atoms with van der Waals surface area (Å²) in [6.45, 7) is 2.94. The Kier molecular flexibility index (Phi) is 6.63. The summed E-state index contributed by atoms with van der Waals surface area (Å²) in [5.74, 6) is 1.50. The van der Waals surface area contributed by atoms with E-state index < -0.39 is 6.09 Å². The summed E-state index contributed by atoms with van der Waals surface area (Å²) in [4.78, 5) is 29.9. The van der Waals surface area contributed by atoms with Crippen molar-refractivity contribution in [2.45, 2.75) is 32.3 Å². The summed E-state index contributed by atoms with van der Waals surface area (Å²) in [5, 5.41) is 2.70. The van der Waals surface area contributed by atoms with Gasteiger partial charge in [0.1, 0.15) is 0 Å². The fourth-order valence-electron chi connectivity index (χ4n) is 3.81. The number of carbonyl (C=O) groups excluding carboxylic acids is 2. The highest BCUT2D eigenvalue weighted by Crippen LogP contribution is 2.25. The van der Waals surface area contributed by atoms with E-state index >= 15 is 0 Å². The molecule has 0 radical (unpaired) electrons. The second kappa shape index (κ2) is 9.75. The lowest BCUT2D eigenvalue weighted by atomic mass is 9.90. The smallest absolute Gasteiger partial charge is 0.412 e. The van der Waals surface area contributed by atoms with Crippen molar-refractivity contribution >= 4 is 17.7 Å². The second-order valence-corrected chi connectivity index (χ2v) is 7.91. The molecule has 2 fully saturated rings. The number of hydrogen-bond donors (Lipinski definition) is 1. The summed E-state index contributed by atoms with van der Waals surface area (Å²) >= 11 is 0. The van der Waals surface area contributed by atoms with Crippen LogP contribution in [0, 0.1) is 11.8 Å². The van der Waals surface area contributed by atoms with Gasteiger partial charge in [-0.25, -0.2) is 9.78 Å². The largest absolute Gasteiger partial charge is 0.445 e.